The highest BCUT2D eigenvalue weighted by Gasteiger charge is 2.27. The number of nitrogens with one attached hydrogen (secondary N) is 1. The van der Waals surface area contributed by atoms with Gasteiger partial charge in [-0.15, -0.1) is 6.58 Å². The minimum atomic E-state index is 0.885. The van der Waals surface area contributed by atoms with E-state index in [-0.39, 0.29) is 0 Å². The summed E-state index contributed by atoms with van der Waals surface area (Å²) in [4.78, 5) is 2.59. The summed E-state index contributed by atoms with van der Waals surface area (Å²) in [5.74, 6) is 0. The molecule has 1 N–H and O–H groups in total. The Bertz CT molecular complexity index is 176. The van der Waals surface area contributed by atoms with Crippen LogP contribution >= 0.6 is 0 Å². The zero-order valence-electron chi connectivity index (χ0n) is 10.9. The molecule has 0 unspecified atom stereocenters. The van der Waals surface area contributed by atoms with Crippen molar-refractivity contribution in [1.82, 2.24) is 10.2 Å². The van der Waals surface area contributed by atoms with Gasteiger partial charge in [0.1, 0.15) is 0 Å². The molecule has 2 nitrogen and oxygen atoms in total. The van der Waals surface area contributed by atoms with Crippen molar-refractivity contribution in [3.63, 3.8) is 0 Å². The molecule has 0 saturated heterocycles. The van der Waals surface area contributed by atoms with Crippen LogP contribution in [0.3, 0.4) is 0 Å². The van der Waals surface area contributed by atoms with Gasteiger partial charge in [0.05, 0.1) is 0 Å². The van der Waals surface area contributed by atoms with E-state index in [1.165, 1.54) is 58.2 Å². The molecule has 1 fully saturated rings. The van der Waals surface area contributed by atoms with Crippen LogP contribution in [0.25, 0.3) is 0 Å². The monoisotopic (exact) mass is 224 g/mol. The highest BCUT2D eigenvalue weighted by molar-refractivity contribution is 4.87. The van der Waals surface area contributed by atoms with Crippen molar-refractivity contribution in [1.29, 1.82) is 0 Å². The van der Waals surface area contributed by atoms with Gasteiger partial charge in [0.25, 0.3) is 0 Å². The molecule has 94 valence electrons. The molecule has 1 rings (SSSR count). The first-order valence-electron chi connectivity index (χ1n) is 6.94. The summed E-state index contributed by atoms with van der Waals surface area (Å²) in [7, 11) is 0. The summed E-state index contributed by atoms with van der Waals surface area (Å²) < 4.78 is 0. The fourth-order valence-electron chi connectivity index (χ4n) is 2.07. The van der Waals surface area contributed by atoms with Crippen molar-refractivity contribution >= 4 is 0 Å². The molecule has 0 aromatic heterocycles. The van der Waals surface area contributed by atoms with Crippen LogP contribution in [0.15, 0.2) is 12.7 Å². The van der Waals surface area contributed by atoms with Crippen molar-refractivity contribution in [3.05, 3.63) is 12.7 Å². The van der Waals surface area contributed by atoms with Crippen LogP contribution in [0.5, 0.6) is 0 Å². The molecule has 1 aliphatic carbocycles. The Balaban J connectivity index is 1.90. The predicted molar refractivity (Wildman–Crippen MR) is 71.8 cm³/mol. The topological polar surface area (TPSA) is 15.3 Å². The Morgan fingerprint density at radius 3 is 2.69 bits per heavy atom. The van der Waals surface area contributed by atoms with Crippen LogP contribution in [0.4, 0.5) is 0 Å². The van der Waals surface area contributed by atoms with E-state index in [1.807, 2.05) is 6.08 Å². The SMILES string of the molecule is C=CCN(CCCCCNCCC)C1CC1. The average molecular weight is 224 g/mol. The highest BCUT2D eigenvalue weighted by atomic mass is 15.2. The molecule has 0 aliphatic heterocycles. The van der Waals surface area contributed by atoms with Gasteiger partial charge in [-0.2, -0.15) is 0 Å². The average Bonchev–Trinajstić information content (AvgIpc) is 3.10. The number of rotatable bonds is 11. The third-order valence-corrected chi connectivity index (χ3v) is 3.15. The molecule has 16 heavy (non-hydrogen) atoms. The van der Waals surface area contributed by atoms with Crippen LogP contribution in [-0.2, 0) is 0 Å². The molecular weight excluding hydrogens is 196 g/mol. The summed E-state index contributed by atoms with van der Waals surface area (Å²) in [6.07, 6.45) is 10.1. The summed E-state index contributed by atoms with van der Waals surface area (Å²) in [5.41, 5.74) is 0. The van der Waals surface area contributed by atoms with E-state index in [9.17, 15) is 0 Å². The minimum absolute atomic E-state index is 0.885. The zero-order chi connectivity index (χ0) is 11.6. The Kier molecular flexibility index (Phi) is 7.52. The second-order valence-corrected chi connectivity index (χ2v) is 4.83. The van der Waals surface area contributed by atoms with Crippen molar-refractivity contribution < 1.29 is 0 Å². The predicted octanol–water partition coefficient (Wildman–Crippen LogP) is 2.81. The van der Waals surface area contributed by atoms with Crippen molar-refractivity contribution in [3.8, 4) is 0 Å². The fraction of sp³-hybridized carbons (Fsp3) is 0.857. The van der Waals surface area contributed by atoms with Gasteiger partial charge in [0, 0.05) is 12.6 Å². The molecule has 0 amide bonds. The molecule has 1 saturated carbocycles. The Labute approximate surface area is 101 Å². The summed E-state index contributed by atoms with van der Waals surface area (Å²) >= 11 is 0. The molecule has 1 aliphatic rings. The summed E-state index contributed by atoms with van der Waals surface area (Å²) in [6.45, 7) is 10.8. The van der Waals surface area contributed by atoms with E-state index >= 15 is 0 Å². The second-order valence-electron chi connectivity index (χ2n) is 4.83. The van der Waals surface area contributed by atoms with Gasteiger partial charge < -0.3 is 5.32 Å². The lowest BCUT2D eigenvalue weighted by molar-refractivity contribution is 0.284. The molecule has 0 aromatic rings. The fourth-order valence-corrected chi connectivity index (χ4v) is 2.07. The van der Waals surface area contributed by atoms with Gasteiger partial charge in [0.2, 0.25) is 0 Å². The number of hydrogen-bond acceptors (Lipinski definition) is 2. The van der Waals surface area contributed by atoms with E-state index in [0.717, 1.165) is 12.6 Å². The Morgan fingerprint density at radius 2 is 2.06 bits per heavy atom. The largest absolute Gasteiger partial charge is 0.317 e. The smallest absolute Gasteiger partial charge is 0.0163 e. The second kappa shape index (κ2) is 8.77. The maximum absolute atomic E-state index is 3.84. The van der Waals surface area contributed by atoms with Crippen molar-refractivity contribution in [2.45, 2.75) is 51.5 Å². The number of hydrogen-bond donors (Lipinski definition) is 1. The normalized spacial score (nSPS) is 15.6. The van der Waals surface area contributed by atoms with Gasteiger partial charge >= 0.3 is 0 Å². The molecule has 0 radical (unpaired) electrons. The summed E-state index contributed by atoms with van der Waals surface area (Å²) in [5, 5.41) is 3.45. The maximum Gasteiger partial charge on any atom is 0.0163 e. The Morgan fingerprint density at radius 1 is 1.25 bits per heavy atom. The third-order valence-electron chi connectivity index (χ3n) is 3.15. The van der Waals surface area contributed by atoms with Gasteiger partial charge in [-0.25, -0.2) is 0 Å². The molecule has 0 atom stereocenters. The molecule has 2 heteroatoms. The van der Waals surface area contributed by atoms with E-state index in [0.29, 0.717) is 0 Å². The Hall–Kier alpha value is -0.340. The lowest BCUT2D eigenvalue weighted by Crippen LogP contribution is -2.27. The highest BCUT2D eigenvalue weighted by Crippen LogP contribution is 2.26. The van der Waals surface area contributed by atoms with Gasteiger partial charge in [-0.1, -0.05) is 19.4 Å². The zero-order valence-corrected chi connectivity index (χ0v) is 10.9. The number of nitrogens with zero attached hydrogens (tertiary/aromatic N) is 1. The molecule has 0 spiro atoms. The van der Waals surface area contributed by atoms with Crippen molar-refractivity contribution in [2.24, 2.45) is 0 Å². The first kappa shape index (κ1) is 13.7. The van der Waals surface area contributed by atoms with Crippen LogP contribution in [0.2, 0.25) is 0 Å². The van der Waals surface area contributed by atoms with Crippen LogP contribution in [0, 0.1) is 0 Å². The van der Waals surface area contributed by atoms with E-state index in [4.69, 9.17) is 0 Å². The van der Waals surface area contributed by atoms with Crippen LogP contribution in [-0.4, -0.2) is 37.1 Å². The molecule has 0 aromatic carbocycles. The van der Waals surface area contributed by atoms with Gasteiger partial charge in [-0.05, 0) is 51.7 Å². The van der Waals surface area contributed by atoms with Crippen LogP contribution < -0.4 is 5.32 Å². The van der Waals surface area contributed by atoms with Gasteiger partial charge in [0.15, 0.2) is 0 Å². The maximum atomic E-state index is 3.84. The van der Waals surface area contributed by atoms with E-state index in [1.54, 1.807) is 0 Å². The molecular formula is C14H28N2. The molecule has 0 bridgehead atoms. The quantitative estimate of drug-likeness (QED) is 0.429. The third kappa shape index (κ3) is 6.29. The number of unbranched alkanes of at least 4 members (excludes halogenated alkanes) is 2. The van der Waals surface area contributed by atoms with E-state index < -0.39 is 0 Å². The molecule has 0 heterocycles. The lowest BCUT2D eigenvalue weighted by Gasteiger charge is -2.19. The van der Waals surface area contributed by atoms with Gasteiger partial charge in [-0.3, -0.25) is 4.90 Å². The first-order chi connectivity index (χ1) is 7.88. The standard InChI is InChI=1S/C14H28N2/c1-3-10-15-11-6-5-7-13-16(12-4-2)14-8-9-14/h4,14-15H,2-3,5-13H2,1H3. The minimum Gasteiger partial charge on any atom is -0.317 e. The lowest BCUT2D eigenvalue weighted by atomic mass is 10.2. The first-order valence-corrected chi connectivity index (χ1v) is 6.94. The van der Waals surface area contributed by atoms with Crippen LogP contribution in [0.1, 0.15) is 45.4 Å². The van der Waals surface area contributed by atoms with Crippen molar-refractivity contribution in [2.75, 3.05) is 26.2 Å². The van der Waals surface area contributed by atoms with E-state index in [2.05, 4.69) is 23.7 Å². The summed E-state index contributed by atoms with van der Waals surface area (Å²) in [6, 6.07) is 0.885.